The van der Waals surface area contributed by atoms with E-state index in [4.69, 9.17) is 28.9 Å². The number of rotatable bonds is 3. The average molecular weight is 399 g/mol. The fourth-order valence-electron chi connectivity index (χ4n) is 3.04. The van der Waals surface area contributed by atoms with Crippen LogP contribution in [-0.2, 0) is 4.79 Å². The summed E-state index contributed by atoms with van der Waals surface area (Å²) in [5.74, 6) is -2.66. The molecular formula is C16H19Cl2F3N2O2. The summed E-state index contributed by atoms with van der Waals surface area (Å²) >= 11 is 11.9. The molecule has 1 aromatic carbocycles. The summed E-state index contributed by atoms with van der Waals surface area (Å²) in [4.78, 5) is 11.2. The molecule has 1 heterocycles. The van der Waals surface area contributed by atoms with Crippen molar-refractivity contribution in [2.24, 2.45) is 11.7 Å². The molecule has 1 saturated heterocycles. The molecule has 1 fully saturated rings. The van der Waals surface area contributed by atoms with E-state index in [0.29, 0.717) is 6.42 Å². The monoisotopic (exact) mass is 398 g/mol. The zero-order valence-corrected chi connectivity index (χ0v) is 15.2. The Labute approximate surface area is 153 Å². The molecule has 2 unspecified atom stereocenters. The second-order valence-electron chi connectivity index (χ2n) is 6.78. The first kappa shape index (κ1) is 20.3. The van der Waals surface area contributed by atoms with Crippen LogP contribution in [0.5, 0.6) is 5.75 Å². The van der Waals surface area contributed by atoms with Crippen molar-refractivity contribution in [3.05, 3.63) is 27.7 Å². The Kier molecular flexibility index (Phi) is 5.93. The predicted octanol–water partition coefficient (Wildman–Crippen LogP) is 4.24. The molecule has 9 heteroatoms. The van der Waals surface area contributed by atoms with Gasteiger partial charge in [-0.1, -0.05) is 23.2 Å². The minimum Gasteiger partial charge on any atom is -0.419 e. The third kappa shape index (κ3) is 5.00. The molecule has 0 amide bonds. The zero-order valence-electron chi connectivity index (χ0n) is 13.7. The highest BCUT2D eigenvalue weighted by Gasteiger charge is 2.42. The summed E-state index contributed by atoms with van der Waals surface area (Å²) in [5, 5.41) is 3.46. The molecule has 0 aromatic heterocycles. The molecule has 1 aliphatic heterocycles. The van der Waals surface area contributed by atoms with Crippen molar-refractivity contribution >= 4 is 29.2 Å². The molecular weight excluding hydrogens is 380 g/mol. The molecule has 0 saturated carbocycles. The molecule has 4 nitrogen and oxygen atoms in total. The lowest BCUT2D eigenvalue weighted by atomic mass is 9.78. The van der Waals surface area contributed by atoms with Crippen LogP contribution in [0.25, 0.3) is 0 Å². The Hall–Kier alpha value is -1.02. The highest BCUT2D eigenvalue weighted by Crippen LogP contribution is 2.40. The van der Waals surface area contributed by atoms with Gasteiger partial charge in [-0.15, -0.1) is 0 Å². The van der Waals surface area contributed by atoms with Crippen molar-refractivity contribution in [1.29, 1.82) is 0 Å². The highest BCUT2D eigenvalue weighted by atomic mass is 35.5. The number of halogens is 5. The molecule has 3 N–H and O–H groups in total. The second-order valence-corrected chi connectivity index (χ2v) is 7.60. The lowest BCUT2D eigenvalue weighted by Gasteiger charge is -2.39. The van der Waals surface area contributed by atoms with Crippen LogP contribution in [0, 0.1) is 5.92 Å². The lowest BCUT2D eigenvalue weighted by Crippen LogP contribution is -2.48. The van der Waals surface area contributed by atoms with Gasteiger partial charge in [0.15, 0.2) is 0 Å². The maximum Gasteiger partial charge on any atom is 0.491 e. The van der Waals surface area contributed by atoms with E-state index >= 15 is 0 Å². The SMILES string of the molecule is CC1(C)CC(C(N)c2cc(Cl)c(Cl)cc2OC(=O)C(F)(F)F)CCN1. The van der Waals surface area contributed by atoms with E-state index in [1.54, 1.807) is 0 Å². The van der Waals surface area contributed by atoms with Gasteiger partial charge in [-0.05, 0) is 45.2 Å². The standard InChI is InChI=1S/C16H19Cl2F3N2O2/c1-15(2)7-8(3-4-23-15)13(22)9-5-10(17)11(18)6-12(9)25-14(24)16(19,20)21/h5-6,8,13,23H,3-4,7,22H2,1-2H3. The van der Waals surface area contributed by atoms with Gasteiger partial charge >= 0.3 is 12.1 Å². The topological polar surface area (TPSA) is 64.3 Å². The number of benzene rings is 1. The van der Waals surface area contributed by atoms with Gasteiger partial charge in [0.1, 0.15) is 5.75 Å². The van der Waals surface area contributed by atoms with Crippen LogP contribution in [0.4, 0.5) is 13.2 Å². The van der Waals surface area contributed by atoms with Gasteiger partial charge in [-0.25, -0.2) is 4.79 Å². The number of nitrogens with one attached hydrogen (secondary N) is 1. The number of piperidine rings is 1. The Bertz CT molecular complexity index is 666. The van der Waals surface area contributed by atoms with Gasteiger partial charge in [-0.3, -0.25) is 0 Å². The molecule has 0 bridgehead atoms. The molecule has 140 valence electrons. The predicted molar refractivity (Wildman–Crippen MR) is 89.9 cm³/mol. The van der Waals surface area contributed by atoms with Crippen LogP contribution in [0.3, 0.4) is 0 Å². The Balaban J connectivity index is 2.35. The van der Waals surface area contributed by atoms with Crippen LogP contribution in [0.2, 0.25) is 10.0 Å². The van der Waals surface area contributed by atoms with E-state index in [1.165, 1.54) is 6.07 Å². The fraction of sp³-hybridized carbons (Fsp3) is 0.562. The summed E-state index contributed by atoms with van der Waals surface area (Å²) in [6.45, 7) is 4.76. The van der Waals surface area contributed by atoms with E-state index in [-0.39, 0.29) is 32.8 Å². The number of hydrogen-bond acceptors (Lipinski definition) is 4. The molecule has 25 heavy (non-hydrogen) atoms. The van der Waals surface area contributed by atoms with Crippen molar-refractivity contribution in [2.45, 2.75) is 44.4 Å². The smallest absolute Gasteiger partial charge is 0.419 e. The Morgan fingerprint density at radius 1 is 1.36 bits per heavy atom. The number of nitrogens with two attached hydrogens (primary N) is 1. The van der Waals surface area contributed by atoms with Gasteiger partial charge in [0, 0.05) is 23.2 Å². The summed E-state index contributed by atoms with van der Waals surface area (Å²) in [6.07, 6.45) is -3.68. The first-order valence-corrected chi connectivity index (χ1v) is 8.45. The quantitative estimate of drug-likeness (QED) is 0.590. The molecule has 0 aliphatic carbocycles. The van der Waals surface area contributed by atoms with Crippen LogP contribution in [0.1, 0.15) is 38.3 Å². The van der Waals surface area contributed by atoms with E-state index in [9.17, 15) is 18.0 Å². The molecule has 0 radical (unpaired) electrons. The molecule has 1 aromatic rings. The van der Waals surface area contributed by atoms with Gasteiger partial charge in [0.25, 0.3) is 0 Å². The number of alkyl halides is 3. The molecule has 2 rings (SSSR count). The van der Waals surface area contributed by atoms with Gasteiger partial charge in [0.2, 0.25) is 0 Å². The third-order valence-electron chi connectivity index (χ3n) is 4.24. The number of carbonyl (C=O) groups is 1. The molecule has 2 atom stereocenters. The summed E-state index contributed by atoms with van der Waals surface area (Å²) in [6, 6.07) is 1.81. The zero-order chi connectivity index (χ0) is 19.0. The number of carbonyl (C=O) groups excluding carboxylic acids is 1. The minimum absolute atomic E-state index is 0.0168. The number of hydrogen-bond donors (Lipinski definition) is 2. The number of esters is 1. The lowest BCUT2D eigenvalue weighted by molar-refractivity contribution is -0.189. The summed E-state index contributed by atoms with van der Waals surface area (Å²) < 4.78 is 42.1. The normalized spacial score (nSPS) is 21.7. The summed E-state index contributed by atoms with van der Waals surface area (Å²) in [5.41, 5.74) is 6.37. The largest absolute Gasteiger partial charge is 0.491 e. The summed E-state index contributed by atoms with van der Waals surface area (Å²) in [7, 11) is 0. The van der Waals surface area contributed by atoms with Gasteiger partial charge in [0.05, 0.1) is 10.0 Å². The van der Waals surface area contributed by atoms with E-state index in [1.807, 2.05) is 13.8 Å². The van der Waals surface area contributed by atoms with Gasteiger partial charge < -0.3 is 15.8 Å². The van der Waals surface area contributed by atoms with E-state index < -0.39 is 18.2 Å². The molecule has 0 spiro atoms. The van der Waals surface area contributed by atoms with Gasteiger partial charge in [-0.2, -0.15) is 13.2 Å². The van der Waals surface area contributed by atoms with Crippen molar-refractivity contribution < 1.29 is 22.7 Å². The minimum atomic E-state index is -5.12. The van der Waals surface area contributed by atoms with Crippen molar-refractivity contribution in [2.75, 3.05) is 6.54 Å². The van der Waals surface area contributed by atoms with Crippen LogP contribution >= 0.6 is 23.2 Å². The Morgan fingerprint density at radius 3 is 2.52 bits per heavy atom. The first-order chi connectivity index (χ1) is 11.4. The highest BCUT2D eigenvalue weighted by molar-refractivity contribution is 6.42. The van der Waals surface area contributed by atoms with Crippen molar-refractivity contribution in [1.82, 2.24) is 5.32 Å². The van der Waals surface area contributed by atoms with Crippen molar-refractivity contribution in [3.8, 4) is 5.75 Å². The van der Waals surface area contributed by atoms with E-state index in [0.717, 1.165) is 19.0 Å². The second kappa shape index (κ2) is 7.31. The first-order valence-electron chi connectivity index (χ1n) is 7.69. The Morgan fingerprint density at radius 2 is 1.96 bits per heavy atom. The third-order valence-corrected chi connectivity index (χ3v) is 4.97. The fourth-order valence-corrected chi connectivity index (χ4v) is 3.36. The van der Waals surface area contributed by atoms with Crippen LogP contribution in [-0.4, -0.2) is 24.2 Å². The number of ether oxygens (including phenoxy) is 1. The van der Waals surface area contributed by atoms with Crippen LogP contribution in [0.15, 0.2) is 12.1 Å². The van der Waals surface area contributed by atoms with Crippen LogP contribution < -0.4 is 15.8 Å². The maximum absolute atomic E-state index is 12.5. The average Bonchev–Trinajstić information content (AvgIpc) is 2.48. The molecule has 1 aliphatic rings. The maximum atomic E-state index is 12.5. The van der Waals surface area contributed by atoms with E-state index in [2.05, 4.69) is 10.1 Å². The van der Waals surface area contributed by atoms with Crippen molar-refractivity contribution in [3.63, 3.8) is 0 Å².